The van der Waals surface area contributed by atoms with Gasteiger partial charge in [-0.1, -0.05) is 6.92 Å². The average molecular weight is 419 g/mol. The van der Waals surface area contributed by atoms with E-state index in [0.717, 1.165) is 16.9 Å². The third-order valence-electron chi connectivity index (χ3n) is 5.02. The average Bonchev–Trinajstić information content (AvgIpc) is 3.26. The summed E-state index contributed by atoms with van der Waals surface area (Å²) in [5, 5.41) is 3.15. The number of rotatable bonds is 8. The minimum absolute atomic E-state index is 0.0492. The SMILES string of the molecule is CCC(=O)c1cc(CCc2cnc(Nc3ccn4ccnc4c3)nc2)c(F)c(OC)c1. The van der Waals surface area contributed by atoms with Crippen molar-refractivity contribution in [2.75, 3.05) is 12.4 Å². The first-order chi connectivity index (χ1) is 15.1. The number of nitrogens with zero attached hydrogens (tertiary/aromatic N) is 4. The van der Waals surface area contributed by atoms with E-state index in [0.29, 0.717) is 36.3 Å². The first-order valence-electron chi connectivity index (χ1n) is 9.97. The van der Waals surface area contributed by atoms with E-state index >= 15 is 0 Å². The van der Waals surface area contributed by atoms with Crippen LogP contribution >= 0.6 is 0 Å². The predicted octanol–water partition coefficient (Wildman–Crippen LogP) is 4.39. The number of hydrogen-bond donors (Lipinski definition) is 1. The van der Waals surface area contributed by atoms with Crippen molar-refractivity contribution in [2.45, 2.75) is 26.2 Å². The number of Topliss-reactive ketones (excluding diaryl/α,β-unsaturated/α-hetero) is 1. The van der Waals surface area contributed by atoms with Crippen LogP contribution in [-0.4, -0.2) is 32.2 Å². The molecule has 0 unspecified atom stereocenters. The molecule has 0 aliphatic carbocycles. The molecule has 158 valence electrons. The molecule has 0 amide bonds. The van der Waals surface area contributed by atoms with Crippen molar-refractivity contribution in [3.05, 3.63) is 77.8 Å². The molecule has 0 bridgehead atoms. The van der Waals surface area contributed by atoms with Gasteiger partial charge in [0.15, 0.2) is 17.3 Å². The third-order valence-corrected chi connectivity index (χ3v) is 5.02. The van der Waals surface area contributed by atoms with E-state index in [-0.39, 0.29) is 11.5 Å². The summed E-state index contributed by atoms with van der Waals surface area (Å²) in [6.07, 6.45) is 10.2. The van der Waals surface area contributed by atoms with Crippen molar-refractivity contribution in [1.82, 2.24) is 19.4 Å². The fourth-order valence-electron chi connectivity index (χ4n) is 3.30. The molecule has 31 heavy (non-hydrogen) atoms. The summed E-state index contributed by atoms with van der Waals surface area (Å²) in [4.78, 5) is 25.0. The van der Waals surface area contributed by atoms with Gasteiger partial charge in [0.05, 0.1) is 7.11 Å². The van der Waals surface area contributed by atoms with Crippen molar-refractivity contribution >= 4 is 23.1 Å². The summed E-state index contributed by atoms with van der Waals surface area (Å²) in [6.45, 7) is 1.78. The van der Waals surface area contributed by atoms with Crippen LogP contribution in [0.3, 0.4) is 0 Å². The van der Waals surface area contributed by atoms with Crippen LogP contribution in [-0.2, 0) is 12.8 Å². The summed E-state index contributed by atoms with van der Waals surface area (Å²) in [7, 11) is 1.40. The smallest absolute Gasteiger partial charge is 0.227 e. The fraction of sp³-hybridized carbons (Fsp3) is 0.217. The number of carbonyl (C=O) groups is 1. The molecule has 0 atom stereocenters. The Labute approximate surface area is 179 Å². The maximum atomic E-state index is 14.6. The van der Waals surface area contributed by atoms with Gasteiger partial charge in [-0.15, -0.1) is 0 Å². The highest BCUT2D eigenvalue weighted by Crippen LogP contribution is 2.25. The monoisotopic (exact) mass is 419 g/mol. The highest BCUT2D eigenvalue weighted by atomic mass is 19.1. The normalized spacial score (nSPS) is 10.9. The Hall–Kier alpha value is -3.81. The van der Waals surface area contributed by atoms with Crippen molar-refractivity contribution in [2.24, 2.45) is 0 Å². The van der Waals surface area contributed by atoms with Crippen LogP contribution in [0.4, 0.5) is 16.0 Å². The van der Waals surface area contributed by atoms with Gasteiger partial charge in [-0.05, 0) is 42.2 Å². The molecule has 0 saturated heterocycles. The van der Waals surface area contributed by atoms with Crippen LogP contribution in [0, 0.1) is 5.82 Å². The summed E-state index contributed by atoms with van der Waals surface area (Å²) in [6, 6.07) is 6.87. The maximum Gasteiger partial charge on any atom is 0.227 e. The lowest BCUT2D eigenvalue weighted by Crippen LogP contribution is -2.04. The van der Waals surface area contributed by atoms with Crippen molar-refractivity contribution in [3.8, 4) is 5.75 Å². The summed E-state index contributed by atoms with van der Waals surface area (Å²) >= 11 is 0. The van der Waals surface area contributed by atoms with Crippen LogP contribution in [0.1, 0.15) is 34.8 Å². The number of nitrogens with one attached hydrogen (secondary N) is 1. The van der Waals surface area contributed by atoms with Crippen LogP contribution in [0.2, 0.25) is 0 Å². The first kappa shape index (κ1) is 20.5. The molecule has 0 aliphatic heterocycles. The fourth-order valence-corrected chi connectivity index (χ4v) is 3.30. The molecule has 7 nitrogen and oxygen atoms in total. The number of aryl methyl sites for hydroxylation is 2. The molecule has 0 saturated carbocycles. The molecule has 3 heterocycles. The number of hydrogen-bond acceptors (Lipinski definition) is 6. The number of anilines is 2. The Bertz CT molecular complexity index is 1220. The molecular formula is C23H22FN5O2. The van der Waals surface area contributed by atoms with Crippen LogP contribution < -0.4 is 10.1 Å². The topological polar surface area (TPSA) is 81.4 Å². The maximum absolute atomic E-state index is 14.6. The van der Waals surface area contributed by atoms with Gasteiger partial charge in [-0.25, -0.2) is 19.3 Å². The van der Waals surface area contributed by atoms with Gasteiger partial charge in [0, 0.05) is 54.7 Å². The number of carbonyl (C=O) groups excluding carboxylic acids is 1. The predicted molar refractivity (Wildman–Crippen MR) is 115 cm³/mol. The van der Waals surface area contributed by atoms with Crippen LogP contribution in [0.15, 0.2) is 55.2 Å². The van der Waals surface area contributed by atoms with E-state index in [2.05, 4.69) is 20.3 Å². The number of benzene rings is 1. The van der Waals surface area contributed by atoms with Crippen LogP contribution in [0.5, 0.6) is 5.75 Å². The van der Waals surface area contributed by atoms with E-state index in [1.165, 1.54) is 13.2 Å². The zero-order valence-corrected chi connectivity index (χ0v) is 17.3. The van der Waals surface area contributed by atoms with E-state index in [9.17, 15) is 9.18 Å². The molecule has 0 aliphatic rings. The van der Waals surface area contributed by atoms with E-state index < -0.39 is 5.82 Å². The van der Waals surface area contributed by atoms with Gasteiger partial charge in [-0.3, -0.25) is 4.79 Å². The lowest BCUT2D eigenvalue weighted by molar-refractivity contribution is 0.0987. The number of pyridine rings is 1. The van der Waals surface area contributed by atoms with Gasteiger partial charge < -0.3 is 14.5 Å². The number of ketones is 1. The van der Waals surface area contributed by atoms with E-state index in [1.807, 2.05) is 28.9 Å². The minimum Gasteiger partial charge on any atom is -0.494 e. The second-order valence-corrected chi connectivity index (χ2v) is 7.08. The van der Waals surface area contributed by atoms with E-state index in [1.54, 1.807) is 31.6 Å². The Morgan fingerprint density at radius 2 is 1.94 bits per heavy atom. The molecule has 4 aromatic rings. The van der Waals surface area contributed by atoms with Gasteiger partial charge >= 0.3 is 0 Å². The summed E-state index contributed by atoms with van der Waals surface area (Å²) in [5.74, 6) is 0.0539. The number of fused-ring (bicyclic) bond motifs is 1. The molecular weight excluding hydrogens is 397 g/mol. The summed E-state index contributed by atoms with van der Waals surface area (Å²) < 4.78 is 21.6. The summed E-state index contributed by atoms with van der Waals surface area (Å²) in [5.41, 5.74) is 3.41. The number of ether oxygens (including phenoxy) is 1. The molecule has 1 N–H and O–H groups in total. The highest BCUT2D eigenvalue weighted by Gasteiger charge is 2.15. The molecule has 0 spiro atoms. The van der Waals surface area contributed by atoms with Gasteiger partial charge in [0.1, 0.15) is 5.65 Å². The zero-order chi connectivity index (χ0) is 21.8. The van der Waals surface area contributed by atoms with Crippen LogP contribution in [0.25, 0.3) is 5.65 Å². The second kappa shape index (κ2) is 8.91. The minimum atomic E-state index is -0.441. The lowest BCUT2D eigenvalue weighted by atomic mass is 10.00. The van der Waals surface area contributed by atoms with Gasteiger partial charge in [-0.2, -0.15) is 0 Å². The number of methoxy groups -OCH3 is 1. The van der Waals surface area contributed by atoms with Gasteiger partial charge in [0.25, 0.3) is 0 Å². The third kappa shape index (κ3) is 4.53. The Morgan fingerprint density at radius 3 is 2.68 bits per heavy atom. The Morgan fingerprint density at radius 1 is 1.13 bits per heavy atom. The first-order valence-corrected chi connectivity index (χ1v) is 9.97. The number of imidazole rings is 1. The molecule has 3 aromatic heterocycles. The van der Waals surface area contributed by atoms with Crippen molar-refractivity contribution in [3.63, 3.8) is 0 Å². The number of halogens is 1. The van der Waals surface area contributed by atoms with Gasteiger partial charge in [0.2, 0.25) is 5.95 Å². The quantitative estimate of drug-likeness (QED) is 0.427. The van der Waals surface area contributed by atoms with E-state index in [4.69, 9.17) is 4.74 Å². The van der Waals surface area contributed by atoms with Crippen molar-refractivity contribution < 1.29 is 13.9 Å². The highest BCUT2D eigenvalue weighted by molar-refractivity contribution is 5.96. The standard InChI is InChI=1S/C23H22FN5O2/c1-3-19(30)17-10-16(22(24)20(11-17)31-2)5-4-15-13-26-23(27-14-15)28-18-6-8-29-9-7-25-21(29)12-18/h6-14H,3-5H2,1-2H3,(H,26,27,28). The lowest BCUT2D eigenvalue weighted by Gasteiger charge is -2.11. The molecule has 0 fully saturated rings. The zero-order valence-electron chi connectivity index (χ0n) is 17.3. The largest absolute Gasteiger partial charge is 0.494 e. The Kier molecular flexibility index (Phi) is 5.88. The van der Waals surface area contributed by atoms with Crippen molar-refractivity contribution in [1.29, 1.82) is 0 Å². The number of aromatic nitrogens is 4. The molecule has 0 radical (unpaired) electrons. The Balaban J connectivity index is 1.45. The molecule has 1 aromatic carbocycles. The second-order valence-electron chi connectivity index (χ2n) is 7.08. The molecule has 4 rings (SSSR count). The molecule has 8 heteroatoms.